The Morgan fingerprint density at radius 2 is 2.83 bits per heavy atom. The van der Waals surface area contributed by atoms with E-state index in [2.05, 4.69) is 6.58 Å². The molecule has 0 aromatic heterocycles. The second-order valence-corrected chi connectivity index (χ2v) is 1.31. The first-order chi connectivity index (χ1) is 3.30. The van der Waals surface area contributed by atoms with Gasteiger partial charge in [-0.3, -0.25) is 0 Å². The van der Waals surface area contributed by atoms with Crippen molar-refractivity contribution in [1.82, 2.24) is 0 Å². The molecule has 1 unspecified atom stereocenters. The lowest BCUT2D eigenvalue weighted by atomic mass is 10.3. The minimum atomic E-state index is -0.153. The van der Waals surface area contributed by atoms with E-state index in [1.165, 1.54) is 0 Å². The molecular weight excluding hydrogens is 76.1 g/mol. The maximum absolute atomic E-state index is 7.11. The van der Waals surface area contributed by atoms with E-state index in [4.69, 9.17) is 6.11 Å². The Morgan fingerprint density at radius 3 is 3.00 bits per heavy atom. The molecule has 34 valence electrons. The van der Waals surface area contributed by atoms with E-state index < -0.39 is 0 Å². The maximum atomic E-state index is 7.11. The molecular formula is C5H8O. The Kier molecular flexibility index (Phi) is 0.592. The second-order valence-electron chi connectivity index (χ2n) is 1.31. The third kappa shape index (κ3) is 0.534. The van der Waals surface area contributed by atoms with Gasteiger partial charge in [0.1, 0.15) is 0 Å². The van der Waals surface area contributed by atoms with Crippen molar-refractivity contribution in [3.8, 4) is 0 Å². The molecule has 1 aliphatic rings. The fraction of sp³-hybridized carbons (Fsp3) is 0.600. The van der Waals surface area contributed by atoms with Gasteiger partial charge in [-0.05, 0) is 6.42 Å². The van der Waals surface area contributed by atoms with Gasteiger partial charge in [-0.2, -0.15) is 0 Å². The highest BCUT2D eigenvalue weighted by Gasteiger charge is 2.01. The van der Waals surface area contributed by atoms with Gasteiger partial charge in [-0.15, -0.1) is 0 Å². The molecule has 0 N–H and O–H groups in total. The van der Waals surface area contributed by atoms with E-state index in [0.717, 1.165) is 6.42 Å². The molecule has 1 saturated heterocycles. The van der Waals surface area contributed by atoms with Crippen LogP contribution in [0.5, 0.6) is 0 Å². The number of hydrogen-bond donors (Lipinski definition) is 0. The van der Waals surface area contributed by atoms with E-state index in [0.29, 0.717) is 12.4 Å². The van der Waals surface area contributed by atoms with Crippen LogP contribution in [0.2, 0.25) is 0 Å². The highest BCUT2D eigenvalue weighted by atomic mass is 16.5. The van der Waals surface area contributed by atoms with Gasteiger partial charge in [0.15, 0.2) is 0 Å². The minimum absolute atomic E-state index is 0.153. The van der Waals surface area contributed by atoms with E-state index in [1.807, 2.05) is 0 Å². The standard InChI is InChI=1S/C5H8O/c1-5-3-2-4-6-5/h1-4H2/i3D. The van der Waals surface area contributed by atoms with E-state index in [9.17, 15) is 0 Å². The van der Waals surface area contributed by atoms with Gasteiger partial charge in [0.25, 0.3) is 0 Å². The fourth-order valence-corrected chi connectivity index (χ4v) is 0.469. The molecule has 1 fully saturated rings. The Balaban J connectivity index is 2.48. The molecule has 0 spiro atoms. The molecule has 1 heterocycles. The molecule has 1 atom stereocenters. The van der Waals surface area contributed by atoms with Crippen LogP contribution < -0.4 is 0 Å². The van der Waals surface area contributed by atoms with Crippen molar-refractivity contribution in [1.29, 1.82) is 0 Å². The number of allylic oxidation sites excluding steroid dienone is 1. The lowest BCUT2D eigenvalue weighted by Crippen LogP contribution is -1.72. The summed E-state index contributed by atoms with van der Waals surface area (Å²) in [6.45, 7) is 4.21. The van der Waals surface area contributed by atoms with Crippen LogP contribution in [0.4, 0.5) is 0 Å². The van der Waals surface area contributed by atoms with Crippen molar-refractivity contribution in [3.63, 3.8) is 0 Å². The average Bonchev–Trinajstić information content (AvgIpc) is 1.91. The zero-order valence-electron chi connectivity index (χ0n) is 4.61. The lowest BCUT2D eigenvalue weighted by molar-refractivity contribution is 0.265. The average molecular weight is 85.1 g/mol. The van der Waals surface area contributed by atoms with Crippen molar-refractivity contribution >= 4 is 0 Å². The topological polar surface area (TPSA) is 9.23 Å². The summed E-state index contributed by atoms with van der Waals surface area (Å²) in [6.07, 6.45) is 0.666. The summed E-state index contributed by atoms with van der Waals surface area (Å²) in [6, 6.07) is 0. The predicted molar refractivity (Wildman–Crippen MR) is 24.3 cm³/mol. The molecule has 6 heavy (non-hydrogen) atoms. The molecule has 0 aromatic carbocycles. The Morgan fingerprint density at radius 1 is 2.00 bits per heavy atom. The van der Waals surface area contributed by atoms with Crippen molar-refractivity contribution in [2.24, 2.45) is 0 Å². The monoisotopic (exact) mass is 85.1 g/mol. The first-order valence-electron chi connectivity index (χ1n) is 2.62. The number of rotatable bonds is 0. The van der Waals surface area contributed by atoms with Crippen LogP contribution in [-0.4, -0.2) is 6.61 Å². The van der Waals surface area contributed by atoms with Gasteiger partial charge in [-0.25, -0.2) is 0 Å². The van der Waals surface area contributed by atoms with Gasteiger partial charge < -0.3 is 4.74 Å². The van der Waals surface area contributed by atoms with Crippen LogP contribution in [0.25, 0.3) is 0 Å². The normalized spacial score (nSPS) is 35.7. The molecule has 0 aromatic rings. The second kappa shape index (κ2) is 1.33. The van der Waals surface area contributed by atoms with Gasteiger partial charge in [0.2, 0.25) is 0 Å². The van der Waals surface area contributed by atoms with Gasteiger partial charge >= 0.3 is 0 Å². The molecule has 0 aliphatic carbocycles. The SMILES string of the molecule is [2H]C1CCOC1=C. The molecule has 1 nitrogen and oxygen atoms in total. The summed E-state index contributed by atoms with van der Waals surface area (Å²) in [7, 11) is 0. The largest absolute Gasteiger partial charge is 0.499 e. The first-order valence-corrected chi connectivity index (χ1v) is 2.04. The maximum Gasteiger partial charge on any atom is 0.0889 e. The summed E-state index contributed by atoms with van der Waals surface area (Å²) in [5.41, 5.74) is 0. The molecule has 0 bridgehead atoms. The third-order valence-electron chi connectivity index (χ3n) is 0.777. The van der Waals surface area contributed by atoms with Gasteiger partial charge in [0, 0.05) is 7.77 Å². The number of ether oxygens (including phenoxy) is 1. The zero-order chi connectivity index (χ0) is 5.28. The minimum Gasteiger partial charge on any atom is -0.499 e. The van der Waals surface area contributed by atoms with Gasteiger partial charge in [0.05, 0.1) is 12.4 Å². The van der Waals surface area contributed by atoms with Crippen molar-refractivity contribution in [2.75, 3.05) is 6.61 Å². The Bertz CT molecular complexity index is 90.1. The summed E-state index contributed by atoms with van der Waals surface area (Å²) < 4.78 is 12.0. The number of hydrogen-bond acceptors (Lipinski definition) is 1. The molecule has 1 heteroatoms. The molecule has 0 saturated carbocycles. The van der Waals surface area contributed by atoms with Crippen LogP contribution in [-0.2, 0) is 4.74 Å². The van der Waals surface area contributed by atoms with Crippen molar-refractivity contribution in [2.45, 2.75) is 12.8 Å². The van der Waals surface area contributed by atoms with E-state index >= 15 is 0 Å². The molecule has 1 aliphatic heterocycles. The molecule has 0 radical (unpaired) electrons. The van der Waals surface area contributed by atoms with E-state index in [-0.39, 0.29) is 6.40 Å². The van der Waals surface area contributed by atoms with E-state index in [1.54, 1.807) is 0 Å². The molecule has 1 rings (SSSR count). The van der Waals surface area contributed by atoms with Crippen molar-refractivity contribution < 1.29 is 6.11 Å². The smallest absolute Gasteiger partial charge is 0.0889 e. The van der Waals surface area contributed by atoms with Crippen LogP contribution >= 0.6 is 0 Å². The van der Waals surface area contributed by atoms with Crippen LogP contribution in [0.1, 0.15) is 14.2 Å². The quantitative estimate of drug-likeness (QED) is 0.431. The zero-order valence-corrected chi connectivity index (χ0v) is 3.61. The summed E-state index contributed by atoms with van der Waals surface area (Å²) >= 11 is 0. The fourth-order valence-electron chi connectivity index (χ4n) is 0.469. The summed E-state index contributed by atoms with van der Waals surface area (Å²) in [5.74, 6) is 0.625. The van der Waals surface area contributed by atoms with Crippen molar-refractivity contribution in [3.05, 3.63) is 12.3 Å². The summed E-state index contributed by atoms with van der Waals surface area (Å²) in [5, 5.41) is 0. The van der Waals surface area contributed by atoms with Crippen LogP contribution in [0.15, 0.2) is 12.3 Å². The van der Waals surface area contributed by atoms with Crippen LogP contribution in [0.3, 0.4) is 0 Å². The molecule has 0 amide bonds. The highest BCUT2D eigenvalue weighted by molar-refractivity contribution is 4.85. The lowest BCUT2D eigenvalue weighted by Gasteiger charge is -1.87. The highest BCUT2D eigenvalue weighted by Crippen LogP contribution is 2.11. The Labute approximate surface area is 39.0 Å². The summed E-state index contributed by atoms with van der Waals surface area (Å²) in [4.78, 5) is 0. The Hall–Kier alpha value is -0.460. The first kappa shape index (κ1) is 2.67. The third-order valence-corrected chi connectivity index (χ3v) is 0.777. The predicted octanol–water partition coefficient (Wildman–Crippen LogP) is 1.31. The van der Waals surface area contributed by atoms with Crippen LogP contribution in [0, 0.1) is 0 Å². The van der Waals surface area contributed by atoms with Gasteiger partial charge in [-0.1, -0.05) is 6.58 Å².